The van der Waals surface area contributed by atoms with Crippen LogP contribution in [-0.2, 0) is 5.33 Å². The molecule has 0 radical (unpaired) electrons. The van der Waals surface area contributed by atoms with Crippen LogP contribution in [0.3, 0.4) is 0 Å². The number of nitro groups is 1. The molecule has 82 valence electrons. The predicted octanol–water partition coefficient (Wildman–Crippen LogP) is 3.13. The van der Waals surface area contributed by atoms with Crippen molar-refractivity contribution in [2.45, 2.75) is 18.7 Å². The first kappa shape index (κ1) is 12.0. The molecule has 0 aliphatic heterocycles. The summed E-state index contributed by atoms with van der Waals surface area (Å²) in [5.41, 5.74) is -0.712. The molecule has 1 aromatic heterocycles. The second-order valence-electron chi connectivity index (χ2n) is 2.84. The molecule has 0 aliphatic rings. The molecular formula is C8H7BrF2N2O2. The maximum atomic E-state index is 12.5. The van der Waals surface area contributed by atoms with E-state index in [1.807, 2.05) is 0 Å². The fourth-order valence-electron chi connectivity index (χ4n) is 1.19. The van der Waals surface area contributed by atoms with Crippen LogP contribution in [-0.4, -0.2) is 9.91 Å². The molecule has 0 atom stereocenters. The van der Waals surface area contributed by atoms with Crippen LogP contribution in [0.1, 0.15) is 23.4 Å². The average Bonchev–Trinajstić information content (AvgIpc) is 2.16. The van der Waals surface area contributed by atoms with Crippen LogP contribution in [0, 0.1) is 17.0 Å². The van der Waals surface area contributed by atoms with Crippen LogP contribution in [0.15, 0.2) is 6.07 Å². The molecule has 0 saturated carbocycles. The van der Waals surface area contributed by atoms with Crippen molar-refractivity contribution in [2.24, 2.45) is 0 Å². The molecule has 1 rings (SSSR count). The van der Waals surface area contributed by atoms with Gasteiger partial charge in [-0.25, -0.2) is 8.78 Å². The number of pyridine rings is 1. The van der Waals surface area contributed by atoms with Crippen LogP contribution in [0.2, 0.25) is 0 Å². The summed E-state index contributed by atoms with van der Waals surface area (Å²) in [6.07, 6.45) is -2.81. The van der Waals surface area contributed by atoms with Gasteiger partial charge in [-0.1, -0.05) is 15.9 Å². The van der Waals surface area contributed by atoms with E-state index in [0.29, 0.717) is 0 Å². The molecule has 0 aromatic carbocycles. The van der Waals surface area contributed by atoms with Crippen molar-refractivity contribution in [1.82, 2.24) is 4.98 Å². The monoisotopic (exact) mass is 280 g/mol. The van der Waals surface area contributed by atoms with Crippen molar-refractivity contribution in [2.75, 3.05) is 0 Å². The smallest absolute Gasteiger partial charge is 0.258 e. The lowest BCUT2D eigenvalue weighted by Crippen LogP contribution is -2.03. The van der Waals surface area contributed by atoms with E-state index in [0.717, 1.165) is 0 Å². The molecule has 1 heterocycles. The summed E-state index contributed by atoms with van der Waals surface area (Å²) in [5.74, 6) is 0. The number of aryl methyl sites for hydroxylation is 1. The highest BCUT2D eigenvalue weighted by atomic mass is 79.9. The van der Waals surface area contributed by atoms with Crippen molar-refractivity contribution in [3.8, 4) is 0 Å². The summed E-state index contributed by atoms with van der Waals surface area (Å²) < 4.78 is 25.1. The van der Waals surface area contributed by atoms with Gasteiger partial charge < -0.3 is 0 Å². The molecule has 0 spiro atoms. The topological polar surface area (TPSA) is 56.0 Å². The number of alkyl halides is 3. The summed E-state index contributed by atoms with van der Waals surface area (Å²) in [6, 6.07) is 1.18. The lowest BCUT2D eigenvalue weighted by atomic mass is 10.1. The Morgan fingerprint density at radius 3 is 2.67 bits per heavy atom. The van der Waals surface area contributed by atoms with Gasteiger partial charge in [-0.2, -0.15) is 0 Å². The van der Waals surface area contributed by atoms with Gasteiger partial charge in [0.25, 0.3) is 12.1 Å². The highest BCUT2D eigenvalue weighted by molar-refractivity contribution is 9.08. The first-order valence-corrected chi connectivity index (χ1v) is 5.08. The number of nitrogens with zero attached hydrogens (tertiary/aromatic N) is 2. The first-order chi connectivity index (χ1) is 6.97. The summed E-state index contributed by atoms with van der Waals surface area (Å²) >= 11 is 2.94. The van der Waals surface area contributed by atoms with Crippen molar-refractivity contribution < 1.29 is 13.7 Å². The van der Waals surface area contributed by atoms with E-state index in [4.69, 9.17) is 0 Å². The Labute approximate surface area is 92.6 Å². The van der Waals surface area contributed by atoms with Crippen LogP contribution in [0.25, 0.3) is 0 Å². The largest absolute Gasteiger partial charge is 0.280 e. The summed E-state index contributed by atoms with van der Waals surface area (Å²) in [6.45, 7) is 1.44. The molecule has 1 aromatic rings. The average molecular weight is 281 g/mol. The zero-order valence-electron chi connectivity index (χ0n) is 7.71. The molecule has 0 unspecified atom stereocenters. The molecule has 7 heteroatoms. The van der Waals surface area contributed by atoms with Gasteiger partial charge in [0.05, 0.1) is 10.5 Å². The Morgan fingerprint density at radius 1 is 1.67 bits per heavy atom. The zero-order valence-corrected chi connectivity index (χ0v) is 9.29. The summed E-state index contributed by atoms with van der Waals surface area (Å²) in [7, 11) is 0. The van der Waals surface area contributed by atoms with Gasteiger partial charge in [-0.15, -0.1) is 0 Å². The van der Waals surface area contributed by atoms with Gasteiger partial charge >= 0.3 is 0 Å². The lowest BCUT2D eigenvalue weighted by molar-refractivity contribution is -0.385. The van der Waals surface area contributed by atoms with Crippen LogP contribution < -0.4 is 0 Å². The van der Waals surface area contributed by atoms with E-state index in [2.05, 4.69) is 20.9 Å². The second-order valence-corrected chi connectivity index (χ2v) is 3.40. The van der Waals surface area contributed by atoms with E-state index in [1.54, 1.807) is 0 Å². The van der Waals surface area contributed by atoms with E-state index >= 15 is 0 Å². The number of halogens is 3. The third-order valence-electron chi connectivity index (χ3n) is 1.80. The van der Waals surface area contributed by atoms with E-state index in [9.17, 15) is 18.9 Å². The molecule has 0 fully saturated rings. The van der Waals surface area contributed by atoms with E-state index in [-0.39, 0.29) is 22.3 Å². The molecule has 0 N–H and O–H groups in total. The highest BCUT2D eigenvalue weighted by Crippen LogP contribution is 2.30. The summed E-state index contributed by atoms with van der Waals surface area (Å²) in [4.78, 5) is 13.5. The number of hydrogen-bond acceptors (Lipinski definition) is 3. The van der Waals surface area contributed by atoms with Crippen molar-refractivity contribution >= 4 is 21.6 Å². The fraction of sp³-hybridized carbons (Fsp3) is 0.375. The second kappa shape index (κ2) is 4.61. The van der Waals surface area contributed by atoms with E-state index in [1.165, 1.54) is 13.0 Å². The van der Waals surface area contributed by atoms with Gasteiger partial charge in [0, 0.05) is 17.1 Å². The van der Waals surface area contributed by atoms with Crippen LogP contribution in [0.5, 0.6) is 0 Å². The standard InChI is InChI=1S/C8H7BrF2N2O2/c1-4-2-6(13(14)15)5(3-9)7(12-4)8(10)11/h2,8H,3H2,1H3. The molecule has 0 aliphatic carbocycles. The molecule has 0 saturated heterocycles. The Morgan fingerprint density at radius 2 is 2.27 bits per heavy atom. The minimum Gasteiger partial charge on any atom is -0.258 e. The Kier molecular flexibility index (Phi) is 3.67. The predicted molar refractivity (Wildman–Crippen MR) is 53.2 cm³/mol. The third kappa shape index (κ3) is 2.47. The van der Waals surface area contributed by atoms with Gasteiger partial charge in [-0.05, 0) is 6.92 Å². The minimum absolute atomic E-state index is 0.0176. The Bertz CT molecular complexity index is 398. The number of hydrogen-bond donors (Lipinski definition) is 0. The molecule has 15 heavy (non-hydrogen) atoms. The molecule has 4 nitrogen and oxygen atoms in total. The number of aromatic nitrogens is 1. The van der Waals surface area contributed by atoms with Gasteiger partial charge in [0.1, 0.15) is 5.69 Å². The molecule has 0 bridgehead atoms. The summed E-state index contributed by atoms with van der Waals surface area (Å²) in [5, 5.41) is 10.6. The maximum absolute atomic E-state index is 12.5. The van der Waals surface area contributed by atoms with Gasteiger partial charge in [0.2, 0.25) is 0 Å². The lowest BCUT2D eigenvalue weighted by Gasteiger charge is -2.07. The highest BCUT2D eigenvalue weighted by Gasteiger charge is 2.24. The van der Waals surface area contributed by atoms with Crippen LogP contribution in [0.4, 0.5) is 14.5 Å². The van der Waals surface area contributed by atoms with Crippen molar-refractivity contribution in [1.29, 1.82) is 0 Å². The maximum Gasteiger partial charge on any atom is 0.280 e. The quantitative estimate of drug-likeness (QED) is 0.486. The van der Waals surface area contributed by atoms with E-state index < -0.39 is 17.0 Å². The van der Waals surface area contributed by atoms with Crippen molar-refractivity contribution in [3.05, 3.63) is 33.1 Å². The normalized spacial score (nSPS) is 10.7. The Balaban J connectivity index is 3.45. The molecule has 0 amide bonds. The zero-order chi connectivity index (χ0) is 11.6. The minimum atomic E-state index is -2.81. The van der Waals surface area contributed by atoms with Gasteiger partial charge in [0.15, 0.2) is 0 Å². The van der Waals surface area contributed by atoms with Crippen LogP contribution >= 0.6 is 15.9 Å². The van der Waals surface area contributed by atoms with Gasteiger partial charge in [-0.3, -0.25) is 15.1 Å². The fourth-order valence-corrected chi connectivity index (χ4v) is 1.76. The third-order valence-corrected chi connectivity index (χ3v) is 2.36. The Hall–Kier alpha value is -1.11. The first-order valence-electron chi connectivity index (χ1n) is 3.96. The van der Waals surface area contributed by atoms with Crippen molar-refractivity contribution in [3.63, 3.8) is 0 Å². The molecular weight excluding hydrogens is 274 g/mol. The number of rotatable bonds is 3. The SMILES string of the molecule is Cc1cc([N+](=O)[O-])c(CBr)c(C(F)F)n1.